The molecule has 2 heterocycles. The van der Waals surface area contributed by atoms with Gasteiger partial charge >= 0.3 is 28.9 Å². The van der Waals surface area contributed by atoms with Gasteiger partial charge in [0, 0.05) is 11.6 Å². The SMILES string of the molecule is [O-][Cl+](O)(O)O.c1ccc(-c2ccc3[nH]c4ccccc4[n+]3c2)cc1. The van der Waals surface area contributed by atoms with E-state index in [2.05, 4.69) is 76.2 Å². The number of rotatable bonds is 1. The largest absolute Gasteiger partial charge is 0.284 e. The Hall–Kier alpha value is -2.48. The van der Waals surface area contributed by atoms with E-state index in [0.717, 1.165) is 11.2 Å². The van der Waals surface area contributed by atoms with E-state index < -0.39 is 10.2 Å². The summed E-state index contributed by atoms with van der Waals surface area (Å²) in [6.45, 7) is 0. The third kappa shape index (κ3) is 3.88. The topological polar surface area (TPSA) is 104 Å². The number of pyridine rings is 1. The Labute approximate surface area is 139 Å². The number of aromatic amines is 1. The molecule has 2 aromatic heterocycles. The van der Waals surface area contributed by atoms with Crippen molar-refractivity contribution in [2.24, 2.45) is 0 Å². The summed E-state index contributed by atoms with van der Waals surface area (Å²) >= 11 is 0. The van der Waals surface area contributed by atoms with E-state index >= 15 is 0 Å². The number of H-pyrrole nitrogens is 1. The zero-order valence-electron chi connectivity index (χ0n) is 12.5. The first-order valence-electron chi connectivity index (χ1n) is 7.05. The number of nitrogens with zero attached hydrogens (tertiary/aromatic N) is 1. The van der Waals surface area contributed by atoms with Crippen LogP contribution in [-0.2, 0) is 0 Å². The number of aromatic nitrogens is 2. The molecule has 0 saturated carbocycles. The van der Waals surface area contributed by atoms with Gasteiger partial charge in [0.05, 0.1) is 0 Å². The smallest absolute Gasteiger partial charge is 0.237 e. The van der Waals surface area contributed by atoms with E-state index in [1.165, 1.54) is 16.6 Å². The van der Waals surface area contributed by atoms with Crippen molar-refractivity contribution in [3.63, 3.8) is 0 Å². The number of benzene rings is 2. The molecule has 0 aliphatic rings. The van der Waals surface area contributed by atoms with Gasteiger partial charge in [-0.2, -0.15) is 4.40 Å². The molecule has 0 aliphatic carbocycles. The molecule has 0 radical (unpaired) electrons. The van der Waals surface area contributed by atoms with Gasteiger partial charge in [0.25, 0.3) is 5.65 Å². The second-order valence-corrected chi connectivity index (χ2v) is 5.98. The van der Waals surface area contributed by atoms with Gasteiger partial charge in [-0.05, 0) is 23.8 Å². The standard InChI is InChI=1S/C17H12N2.ClH3O4/c1-2-6-13(7-3-1)14-10-11-17-18-15-8-4-5-9-16(15)19(17)12-14;2-1(3,4)5/h1-12H;2-4H/p+1. The molecule has 4 N–H and O–H groups in total. The maximum atomic E-state index is 8.83. The summed E-state index contributed by atoms with van der Waals surface area (Å²) in [5.41, 5.74) is 5.94. The molecule has 0 spiro atoms. The summed E-state index contributed by atoms with van der Waals surface area (Å²) in [6.07, 6.45) is 2.18. The van der Waals surface area contributed by atoms with Crippen LogP contribution in [-0.4, -0.2) is 19.0 Å². The molecule has 0 amide bonds. The fourth-order valence-corrected chi connectivity index (χ4v) is 2.53. The molecule has 24 heavy (non-hydrogen) atoms. The molecule has 6 nitrogen and oxygen atoms in total. The summed E-state index contributed by atoms with van der Waals surface area (Å²) in [4.78, 5) is 3.42. The van der Waals surface area contributed by atoms with Crippen LogP contribution in [0.3, 0.4) is 0 Å². The van der Waals surface area contributed by atoms with Crippen LogP contribution >= 0.6 is 0 Å². The van der Waals surface area contributed by atoms with Crippen molar-refractivity contribution in [3.05, 3.63) is 72.9 Å². The summed E-state index contributed by atoms with van der Waals surface area (Å²) < 4.78 is 32.4. The van der Waals surface area contributed by atoms with Crippen molar-refractivity contribution >= 4 is 16.7 Å². The fraction of sp³-hybridized carbons (Fsp3) is 0. The molecule has 7 heteroatoms. The summed E-state index contributed by atoms with van der Waals surface area (Å²) in [7, 11) is -4.19. The Bertz CT molecular complexity index is 959. The minimum Gasteiger partial charge on any atom is -0.237 e. The van der Waals surface area contributed by atoms with Crippen molar-refractivity contribution < 1.29 is 33.3 Å². The summed E-state index contributed by atoms with van der Waals surface area (Å²) in [6, 6.07) is 23.1. The number of para-hydroxylation sites is 2. The van der Waals surface area contributed by atoms with Gasteiger partial charge in [-0.25, -0.2) is 4.98 Å². The predicted molar refractivity (Wildman–Crippen MR) is 83.6 cm³/mol. The van der Waals surface area contributed by atoms with Crippen molar-refractivity contribution in [2.75, 3.05) is 0 Å². The Morgan fingerprint density at radius 2 is 1.42 bits per heavy atom. The number of halogens is 1. The normalized spacial score (nSPS) is 12.0. The molecule has 0 fully saturated rings. The van der Waals surface area contributed by atoms with Crippen LogP contribution in [0.1, 0.15) is 0 Å². The second kappa shape index (κ2) is 6.56. The van der Waals surface area contributed by atoms with Crippen LogP contribution in [0.5, 0.6) is 0 Å². The van der Waals surface area contributed by atoms with Crippen LogP contribution in [0.2, 0.25) is 0 Å². The van der Waals surface area contributed by atoms with Crippen LogP contribution in [0.25, 0.3) is 27.8 Å². The quantitative estimate of drug-likeness (QED) is 0.381. The van der Waals surface area contributed by atoms with E-state index in [1.54, 1.807) is 0 Å². The van der Waals surface area contributed by atoms with Crippen LogP contribution in [0.15, 0.2) is 72.9 Å². The first-order chi connectivity index (χ1) is 11.4. The van der Waals surface area contributed by atoms with Gasteiger partial charge in [0.15, 0.2) is 11.0 Å². The van der Waals surface area contributed by atoms with Crippen LogP contribution < -0.4 is 9.06 Å². The minimum atomic E-state index is -4.19. The third-order valence-corrected chi connectivity index (χ3v) is 3.48. The molecule has 0 unspecified atom stereocenters. The molecule has 0 bridgehead atoms. The Balaban J connectivity index is 0.000000300. The maximum Gasteiger partial charge on any atom is 0.284 e. The Morgan fingerprint density at radius 3 is 2.12 bits per heavy atom. The number of nitrogens with one attached hydrogen (secondary N) is 1. The Kier molecular flexibility index (Phi) is 4.48. The van der Waals surface area contributed by atoms with E-state index in [1.807, 2.05) is 6.07 Å². The van der Waals surface area contributed by atoms with Gasteiger partial charge < -0.3 is 0 Å². The van der Waals surface area contributed by atoms with Gasteiger partial charge in [0.1, 0.15) is 6.20 Å². The molecule has 0 saturated heterocycles. The first kappa shape index (κ1) is 16.4. The average molecular weight is 348 g/mol. The van der Waals surface area contributed by atoms with Crippen molar-refractivity contribution in [2.45, 2.75) is 0 Å². The summed E-state index contributed by atoms with van der Waals surface area (Å²) in [5, 5.41) is 0. The number of hydrogen-bond acceptors (Lipinski definition) is 4. The van der Waals surface area contributed by atoms with Crippen LogP contribution in [0.4, 0.5) is 0 Å². The zero-order chi connectivity index (χ0) is 17.2. The first-order valence-corrected chi connectivity index (χ1v) is 8.38. The van der Waals surface area contributed by atoms with Crippen molar-refractivity contribution in [1.82, 2.24) is 4.98 Å². The maximum absolute atomic E-state index is 8.83. The van der Waals surface area contributed by atoms with Gasteiger partial charge in [-0.15, -0.1) is 0 Å². The number of imidazole rings is 1. The van der Waals surface area contributed by atoms with Gasteiger partial charge in [-0.3, -0.25) is 0 Å². The number of fused-ring (bicyclic) bond motifs is 3. The number of hydrogen-bond donors (Lipinski definition) is 4. The monoisotopic (exact) mass is 347 g/mol. The fourth-order valence-electron chi connectivity index (χ4n) is 2.53. The zero-order valence-corrected chi connectivity index (χ0v) is 13.3. The summed E-state index contributed by atoms with van der Waals surface area (Å²) in [5.74, 6) is 0. The molecule has 4 rings (SSSR count). The van der Waals surface area contributed by atoms with E-state index in [9.17, 15) is 0 Å². The molecule has 4 aromatic rings. The third-order valence-electron chi connectivity index (χ3n) is 3.48. The molecule has 124 valence electrons. The van der Waals surface area contributed by atoms with Gasteiger partial charge in [0.2, 0.25) is 0 Å². The Morgan fingerprint density at radius 1 is 0.792 bits per heavy atom. The minimum absolute atomic E-state index is 1.11. The van der Waals surface area contributed by atoms with Crippen molar-refractivity contribution in [3.8, 4) is 11.1 Å². The molecular weight excluding hydrogens is 332 g/mol. The predicted octanol–water partition coefficient (Wildman–Crippen LogP) is 0.714. The van der Waals surface area contributed by atoms with Crippen LogP contribution in [0, 0.1) is 10.2 Å². The molecular formula is C17H16ClN2O4+. The molecule has 0 atom stereocenters. The second-order valence-electron chi connectivity index (χ2n) is 5.11. The van der Waals surface area contributed by atoms with Gasteiger partial charge in [-0.1, -0.05) is 42.5 Å². The molecule has 0 aliphatic heterocycles. The van der Waals surface area contributed by atoms with Crippen molar-refractivity contribution in [1.29, 1.82) is 0 Å². The van der Waals surface area contributed by atoms with E-state index in [-0.39, 0.29) is 0 Å². The molecule has 2 aromatic carbocycles. The average Bonchev–Trinajstić information content (AvgIpc) is 2.92. The van der Waals surface area contributed by atoms with E-state index in [0.29, 0.717) is 0 Å². The van der Waals surface area contributed by atoms with E-state index in [4.69, 9.17) is 18.6 Å².